The van der Waals surface area contributed by atoms with Crippen molar-refractivity contribution in [2.45, 2.75) is 30.9 Å². The molecule has 0 saturated carbocycles. The molecule has 24 heavy (non-hydrogen) atoms. The van der Waals surface area contributed by atoms with E-state index in [-0.39, 0.29) is 15.5 Å². The fourth-order valence-electron chi connectivity index (χ4n) is 1.98. The highest BCUT2D eigenvalue weighted by atomic mass is 32.2. The molecule has 1 heterocycles. The molecule has 8 heteroatoms. The average molecular weight is 365 g/mol. The van der Waals surface area contributed by atoms with Crippen LogP contribution < -0.4 is 10.1 Å². The van der Waals surface area contributed by atoms with E-state index in [0.29, 0.717) is 0 Å². The van der Waals surface area contributed by atoms with E-state index in [9.17, 15) is 13.2 Å². The number of hydrogen-bond donors (Lipinski definition) is 2. The van der Waals surface area contributed by atoms with Gasteiger partial charge in [0.2, 0.25) is 0 Å². The minimum atomic E-state index is -3.71. The van der Waals surface area contributed by atoms with Crippen molar-refractivity contribution in [2.75, 3.05) is 4.72 Å². The summed E-state index contributed by atoms with van der Waals surface area (Å²) < 4.78 is 27.3. The van der Waals surface area contributed by atoms with Gasteiger partial charge >= 0.3 is 0 Å². The third kappa shape index (κ3) is 4.42. The molecule has 0 radical (unpaired) electrons. The number of thiophene rings is 1. The maximum atomic E-state index is 12.3. The number of carbonyl (C=O) groups is 1. The van der Waals surface area contributed by atoms with E-state index in [2.05, 4.69) is 15.2 Å². The van der Waals surface area contributed by atoms with Crippen LogP contribution in [0.1, 0.15) is 37.0 Å². The van der Waals surface area contributed by atoms with Crippen LogP contribution >= 0.6 is 11.3 Å². The van der Waals surface area contributed by atoms with Gasteiger partial charge in [-0.05, 0) is 36.4 Å². The molecule has 0 saturated heterocycles. The Labute approximate surface area is 145 Å². The highest BCUT2D eigenvalue weighted by Gasteiger charge is 2.19. The summed E-state index contributed by atoms with van der Waals surface area (Å²) in [5.41, 5.74) is 3.77. The van der Waals surface area contributed by atoms with Crippen LogP contribution in [0.25, 0.3) is 0 Å². The van der Waals surface area contributed by atoms with E-state index in [0.717, 1.165) is 29.9 Å². The molecule has 2 N–H and O–H groups in total. The molecular weight excluding hydrogens is 346 g/mol. The first kappa shape index (κ1) is 18.2. The normalized spacial score (nSPS) is 10.9. The Hall–Kier alpha value is -2.19. The van der Waals surface area contributed by atoms with Crippen molar-refractivity contribution in [1.29, 1.82) is 0 Å². The predicted molar refractivity (Wildman–Crippen MR) is 97.1 cm³/mol. The first-order valence-corrected chi connectivity index (χ1v) is 9.85. The van der Waals surface area contributed by atoms with Crippen molar-refractivity contribution in [3.05, 3.63) is 47.3 Å². The number of para-hydroxylation sites is 1. The summed E-state index contributed by atoms with van der Waals surface area (Å²) in [6.45, 7) is 3.91. The quantitative estimate of drug-likeness (QED) is 0.582. The monoisotopic (exact) mass is 365 g/mol. The maximum absolute atomic E-state index is 12.3. The van der Waals surface area contributed by atoms with Gasteiger partial charge in [0.05, 0.1) is 11.3 Å². The standard InChI is InChI=1S/C16H19N3O3S2/c1-3-12(4-2)17-18-16(20)13-8-5-6-9-14(13)19-24(21,22)15-10-7-11-23-15/h5-11,19H,3-4H2,1-2H3,(H,18,20). The second-order valence-corrected chi connectivity index (χ2v) is 7.77. The van der Waals surface area contributed by atoms with E-state index >= 15 is 0 Å². The van der Waals surface area contributed by atoms with E-state index in [1.54, 1.807) is 35.7 Å². The predicted octanol–water partition coefficient (Wildman–Crippen LogP) is 3.45. The van der Waals surface area contributed by atoms with Gasteiger partial charge in [0.15, 0.2) is 0 Å². The van der Waals surface area contributed by atoms with Gasteiger partial charge in [-0.15, -0.1) is 11.3 Å². The van der Waals surface area contributed by atoms with E-state index in [1.807, 2.05) is 13.8 Å². The van der Waals surface area contributed by atoms with Crippen LogP contribution in [0, 0.1) is 0 Å². The van der Waals surface area contributed by atoms with Crippen molar-refractivity contribution in [2.24, 2.45) is 5.10 Å². The Bertz CT molecular complexity index is 822. The third-order valence-corrected chi connectivity index (χ3v) is 6.07. The smallest absolute Gasteiger partial charge is 0.273 e. The molecule has 0 aliphatic rings. The van der Waals surface area contributed by atoms with Crippen molar-refractivity contribution >= 4 is 38.7 Å². The van der Waals surface area contributed by atoms with Crippen LogP contribution in [0.3, 0.4) is 0 Å². The molecule has 1 aromatic carbocycles. The summed E-state index contributed by atoms with van der Waals surface area (Å²) in [5.74, 6) is -0.459. The van der Waals surface area contributed by atoms with E-state index < -0.39 is 15.9 Å². The number of hydrazone groups is 1. The van der Waals surface area contributed by atoms with Crippen LogP contribution in [-0.2, 0) is 10.0 Å². The molecule has 1 aromatic heterocycles. The number of amides is 1. The van der Waals surface area contributed by atoms with Gasteiger partial charge in [-0.2, -0.15) is 5.10 Å². The lowest BCUT2D eigenvalue weighted by atomic mass is 10.2. The van der Waals surface area contributed by atoms with Gasteiger partial charge in [-0.1, -0.05) is 32.0 Å². The molecule has 2 aromatic rings. The molecular formula is C16H19N3O3S2. The van der Waals surface area contributed by atoms with Gasteiger partial charge in [-0.3, -0.25) is 9.52 Å². The van der Waals surface area contributed by atoms with Crippen molar-refractivity contribution in [3.63, 3.8) is 0 Å². The summed E-state index contributed by atoms with van der Waals surface area (Å²) in [6.07, 6.45) is 1.48. The number of anilines is 1. The minimum absolute atomic E-state index is 0.190. The molecule has 1 amide bonds. The molecule has 0 atom stereocenters. The first-order chi connectivity index (χ1) is 11.5. The highest BCUT2D eigenvalue weighted by molar-refractivity contribution is 7.94. The van der Waals surface area contributed by atoms with Crippen molar-refractivity contribution < 1.29 is 13.2 Å². The average Bonchev–Trinajstić information content (AvgIpc) is 3.11. The van der Waals surface area contributed by atoms with Gasteiger partial charge in [0, 0.05) is 5.71 Å². The Kier molecular flexibility index (Phi) is 6.10. The lowest BCUT2D eigenvalue weighted by molar-refractivity contribution is 0.0955. The van der Waals surface area contributed by atoms with Crippen LogP contribution in [0.4, 0.5) is 5.69 Å². The Morgan fingerprint density at radius 1 is 1.12 bits per heavy atom. The molecule has 0 fully saturated rings. The van der Waals surface area contributed by atoms with Crippen LogP contribution in [0.5, 0.6) is 0 Å². The van der Waals surface area contributed by atoms with Crippen LogP contribution in [-0.4, -0.2) is 20.0 Å². The third-order valence-electron chi connectivity index (χ3n) is 3.31. The lowest BCUT2D eigenvalue weighted by Crippen LogP contribution is -2.22. The highest BCUT2D eigenvalue weighted by Crippen LogP contribution is 2.22. The Balaban J connectivity index is 2.25. The second-order valence-electron chi connectivity index (χ2n) is 4.91. The lowest BCUT2D eigenvalue weighted by Gasteiger charge is -2.11. The largest absolute Gasteiger partial charge is 0.278 e. The summed E-state index contributed by atoms with van der Waals surface area (Å²) >= 11 is 1.11. The molecule has 128 valence electrons. The second kappa shape index (κ2) is 8.07. The van der Waals surface area contributed by atoms with Crippen LogP contribution in [0.2, 0.25) is 0 Å². The number of rotatable bonds is 7. The molecule has 6 nitrogen and oxygen atoms in total. The maximum Gasteiger partial charge on any atom is 0.273 e. The minimum Gasteiger partial charge on any atom is -0.278 e. The Morgan fingerprint density at radius 2 is 1.83 bits per heavy atom. The van der Waals surface area contributed by atoms with Crippen molar-refractivity contribution in [3.8, 4) is 0 Å². The number of benzene rings is 1. The van der Waals surface area contributed by atoms with E-state index in [1.165, 1.54) is 6.07 Å². The van der Waals surface area contributed by atoms with Gasteiger partial charge < -0.3 is 0 Å². The van der Waals surface area contributed by atoms with Crippen LogP contribution in [0.15, 0.2) is 51.1 Å². The molecule has 0 unspecified atom stereocenters. The number of sulfonamides is 1. The number of hydrogen-bond acceptors (Lipinski definition) is 5. The summed E-state index contributed by atoms with van der Waals surface area (Å²) in [4.78, 5) is 12.3. The molecule has 0 aliphatic heterocycles. The summed E-state index contributed by atoms with van der Waals surface area (Å²) in [7, 11) is -3.71. The van der Waals surface area contributed by atoms with Gasteiger partial charge in [0.25, 0.3) is 15.9 Å². The topological polar surface area (TPSA) is 87.6 Å². The SMILES string of the molecule is CCC(CC)=NNC(=O)c1ccccc1NS(=O)(=O)c1cccs1. The zero-order chi connectivity index (χ0) is 17.6. The molecule has 0 aliphatic carbocycles. The molecule has 2 rings (SSSR count). The molecule has 0 bridgehead atoms. The fourth-order valence-corrected chi connectivity index (χ4v) is 4.05. The first-order valence-electron chi connectivity index (χ1n) is 7.49. The zero-order valence-corrected chi connectivity index (χ0v) is 15.1. The number of nitrogens with zero attached hydrogens (tertiary/aromatic N) is 1. The summed E-state index contributed by atoms with van der Waals surface area (Å²) in [6, 6.07) is 9.59. The fraction of sp³-hybridized carbons (Fsp3) is 0.250. The molecule has 0 spiro atoms. The summed E-state index contributed by atoms with van der Waals surface area (Å²) in [5, 5.41) is 5.75. The van der Waals surface area contributed by atoms with Gasteiger partial charge in [0.1, 0.15) is 4.21 Å². The van der Waals surface area contributed by atoms with Crippen molar-refractivity contribution in [1.82, 2.24) is 5.43 Å². The number of carbonyl (C=O) groups excluding carboxylic acids is 1. The van der Waals surface area contributed by atoms with E-state index in [4.69, 9.17) is 0 Å². The Morgan fingerprint density at radius 3 is 2.46 bits per heavy atom. The van der Waals surface area contributed by atoms with Gasteiger partial charge in [-0.25, -0.2) is 13.8 Å². The number of nitrogens with one attached hydrogen (secondary N) is 2. The zero-order valence-electron chi connectivity index (χ0n) is 13.4.